The first-order valence-electron chi connectivity index (χ1n) is 9.04. The molecule has 7 nitrogen and oxygen atoms in total. The smallest absolute Gasteiger partial charge is 0.323 e. The number of carbonyl (C=O) groups excluding carboxylic acids is 2. The van der Waals surface area contributed by atoms with Crippen molar-refractivity contribution in [1.29, 1.82) is 0 Å². The van der Waals surface area contributed by atoms with Crippen LogP contribution in [0.2, 0.25) is 0 Å². The van der Waals surface area contributed by atoms with Crippen molar-refractivity contribution in [3.05, 3.63) is 90.0 Å². The molecule has 3 amide bonds. The molecule has 146 valence electrons. The van der Waals surface area contributed by atoms with Crippen molar-refractivity contribution in [3.8, 4) is 0 Å². The van der Waals surface area contributed by atoms with Crippen LogP contribution in [0.25, 0.3) is 6.08 Å². The van der Waals surface area contributed by atoms with Gasteiger partial charge in [0.25, 0.3) is 0 Å². The van der Waals surface area contributed by atoms with Crippen LogP contribution in [0.1, 0.15) is 16.8 Å². The molecule has 0 aliphatic carbocycles. The number of amides is 3. The van der Waals surface area contributed by atoms with Gasteiger partial charge < -0.3 is 16.0 Å². The zero-order chi connectivity index (χ0) is 20.5. The standard InChI is InChI=1S/C22H21N5O2/c1-16-4-2-6-18(12-16)26-22(29)27-19-7-3-5-17(13-19)14-25-21(28)9-8-20-15-23-10-11-24-20/h2-13,15H,14H2,1H3,(H,25,28)(H2,26,27,29)/b9-8+. The second kappa shape index (κ2) is 9.80. The molecule has 0 aliphatic rings. The van der Waals surface area contributed by atoms with Gasteiger partial charge >= 0.3 is 6.03 Å². The fourth-order valence-electron chi connectivity index (χ4n) is 2.58. The van der Waals surface area contributed by atoms with Gasteiger partial charge in [-0.25, -0.2) is 4.79 Å². The minimum Gasteiger partial charge on any atom is -0.348 e. The van der Waals surface area contributed by atoms with Crippen molar-refractivity contribution in [2.45, 2.75) is 13.5 Å². The van der Waals surface area contributed by atoms with E-state index in [-0.39, 0.29) is 11.9 Å². The number of hydrogen-bond donors (Lipinski definition) is 3. The fourth-order valence-corrected chi connectivity index (χ4v) is 2.58. The van der Waals surface area contributed by atoms with Crippen LogP contribution >= 0.6 is 0 Å². The molecule has 0 radical (unpaired) electrons. The topological polar surface area (TPSA) is 96.0 Å². The molecule has 3 N–H and O–H groups in total. The summed E-state index contributed by atoms with van der Waals surface area (Å²) >= 11 is 0. The number of urea groups is 1. The van der Waals surface area contributed by atoms with Crippen LogP contribution in [0.5, 0.6) is 0 Å². The Balaban J connectivity index is 1.52. The second-order valence-electron chi connectivity index (χ2n) is 6.33. The van der Waals surface area contributed by atoms with Gasteiger partial charge in [-0.05, 0) is 48.4 Å². The van der Waals surface area contributed by atoms with E-state index in [1.165, 1.54) is 6.08 Å². The van der Waals surface area contributed by atoms with Crippen molar-refractivity contribution in [3.63, 3.8) is 0 Å². The van der Waals surface area contributed by atoms with E-state index in [0.717, 1.165) is 16.8 Å². The van der Waals surface area contributed by atoms with E-state index in [1.54, 1.807) is 30.7 Å². The van der Waals surface area contributed by atoms with Crippen LogP contribution in [-0.2, 0) is 11.3 Å². The molecule has 1 heterocycles. The predicted octanol–water partition coefficient (Wildman–Crippen LogP) is 3.76. The van der Waals surface area contributed by atoms with Gasteiger partial charge in [-0.15, -0.1) is 0 Å². The highest BCUT2D eigenvalue weighted by molar-refractivity contribution is 5.99. The number of nitrogens with one attached hydrogen (secondary N) is 3. The molecule has 3 aromatic rings. The Hall–Kier alpha value is -4.00. The first-order chi connectivity index (χ1) is 14.1. The Morgan fingerprint density at radius 2 is 1.76 bits per heavy atom. The van der Waals surface area contributed by atoms with Gasteiger partial charge in [0.2, 0.25) is 5.91 Å². The van der Waals surface area contributed by atoms with Crippen molar-refractivity contribution in [1.82, 2.24) is 15.3 Å². The molecule has 0 aliphatic heterocycles. The SMILES string of the molecule is Cc1cccc(NC(=O)Nc2cccc(CNC(=O)/C=C/c3cnccn3)c2)c1. The third-order valence-corrected chi connectivity index (χ3v) is 3.92. The summed E-state index contributed by atoms with van der Waals surface area (Å²) in [4.78, 5) is 32.1. The van der Waals surface area contributed by atoms with E-state index in [1.807, 2.05) is 49.4 Å². The number of aromatic nitrogens is 2. The molecule has 0 spiro atoms. The molecule has 3 rings (SSSR count). The van der Waals surface area contributed by atoms with Crippen LogP contribution in [0.15, 0.2) is 73.2 Å². The number of nitrogens with zero attached hydrogens (tertiary/aromatic N) is 2. The normalized spacial score (nSPS) is 10.5. The van der Waals surface area contributed by atoms with E-state index >= 15 is 0 Å². The maximum atomic E-state index is 12.2. The van der Waals surface area contributed by atoms with Crippen molar-refractivity contribution in [2.24, 2.45) is 0 Å². The summed E-state index contributed by atoms with van der Waals surface area (Å²) in [6.07, 6.45) is 7.70. The van der Waals surface area contributed by atoms with Crippen LogP contribution in [0.3, 0.4) is 0 Å². The zero-order valence-corrected chi connectivity index (χ0v) is 15.9. The minimum atomic E-state index is -0.330. The molecular weight excluding hydrogens is 366 g/mol. The van der Waals surface area contributed by atoms with Gasteiger partial charge in [-0.3, -0.25) is 14.8 Å². The highest BCUT2D eigenvalue weighted by atomic mass is 16.2. The monoisotopic (exact) mass is 387 g/mol. The van der Waals surface area contributed by atoms with Crippen molar-refractivity contribution < 1.29 is 9.59 Å². The van der Waals surface area contributed by atoms with E-state index in [9.17, 15) is 9.59 Å². The Labute approximate surface area is 168 Å². The number of anilines is 2. The highest BCUT2D eigenvalue weighted by Crippen LogP contribution is 2.13. The minimum absolute atomic E-state index is 0.244. The van der Waals surface area contributed by atoms with Gasteiger partial charge in [0.05, 0.1) is 11.9 Å². The molecule has 0 fully saturated rings. The molecule has 0 unspecified atom stereocenters. The summed E-state index contributed by atoms with van der Waals surface area (Å²) in [5, 5.41) is 8.38. The Kier molecular flexibility index (Phi) is 6.67. The average molecular weight is 387 g/mol. The van der Waals surface area contributed by atoms with Crippen LogP contribution in [-0.4, -0.2) is 21.9 Å². The van der Waals surface area contributed by atoms with Crippen molar-refractivity contribution in [2.75, 3.05) is 10.6 Å². The van der Waals surface area contributed by atoms with Gasteiger partial charge in [0.1, 0.15) is 0 Å². The molecule has 7 heteroatoms. The first kappa shape index (κ1) is 19.8. The summed E-state index contributed by atoms with van der Waals surface area (Å²) in [5.74, 6) is -0.244. The molecular formula is C22H21N5O2. The Morgan fingerprint density at radius 1 is 1.00 bits per heavy atom. The fraction of sp³-hybridized carbons (Fsp3) is 0.0909. The molecule has 2 aromatic carbocycles. The van der Waals surface area contributed by atoms with E-state index in [0.29, 0.717) is 17.9 Å². The maximum absolute atomic E-state index is 12.2. The summed E-state index contributed by atoms with van der Waals surface area (Å²) in [6, 6.07) is 14.5. The first-order valence-corrected chi connectivity index (χ1v) is 9.04. The van der Waals surface area contributed by atoms with E-state index < -0.39 is 0 Å². The predicted molar refractivity (Wildman–Crippen MR) is 113 cm³/mol. The number of benzene rings is 2. The largest absolute Gasteiger partial charge is 0.348 e. The van der Waals surface area contributed by atoms with Gasteiger partial charge in [0.15, 0.2) is 0 Å². The average Bonchev–Trinajstić information content (AvgIpc) is 2.72. The Bertz CT molecular complexity index is 1020. The zero-order valence-electron chi connectivity index (χ0n) is 15.9. The van der Waals surface area contributed by atoms with Crippen LogP contribution in [0.4, 0.5) is 16.2 Å². The highest BCUT2D eigenvalue weighted by Gasteiger charge is 2.04. The lowest BCUT2D eigenvalue weighted by Gasteiger charge is -2.10. The summed E-state index contributed by atoms with van der Waals surface area (Å²) in [6.45, 7) is 2.29. The lowest BCUT2D eigenvalue weighted by molar-refractivity contribution is -0.116. The van der Waals surface area contributed by atoms with Crippen LogP contribution < -0.4 is 16.0 Å². The number of aryl methyl sites for hydroxylation is 1. The molecule has 0 saturated heterocycles. The maximum Gasteiger partial charge on any atom is 0.323 e. The summed E-state index contributed by atoms with van der Waals surface area (Å²) in [7, 11) is 0. The molecule has 29 heavy (non-hydrogen) atoms. The lowest BCUT2D eigenvalue weighted by atomic mass is 10.2. The third-order valence-electron chi connectivity index (χ3n) is 3.92. The molecule has 1 aromatic heterocycles. The van der Waals surface area contributed by atoms with E-state index in [4.69, 9.17) is 0 Å². The summed E-state index contributed by atoms with van der Waals surface area (Å²) in [5.41, 5.74) is 3.89. The van der Waals surface area contributed by atoms with Gasteiger partial charge in [-0.2, -0.15) is 0 Å². The summed E-state index contributed by atoms with van der Waals surface area (Å²) < 4.78 is 0. The quantitative estimate of drug-likeness (QED) is 0.561. The lowest BCUT2D eigenvalue weighted by Crippen LogP contribution is -2.21. The molecule has 0 saturated carbocycles. The van der Waals surface area contributed by atoms with E-state index in [2.05, 4.69) is 25.9 Å². The van der Waals surface area contributed by atoms with Gasteiger partial charge in [-0.1, -0.05) is 24.3 Å². The van der Waals surface area contributed by atoms with Gasteiger partial charge in [0, 0.05) is 36.4 Å². The number of rotatable bonds is 6. The Morgan fingerprint density at radius 3 is 2.48 bits per heavy atom. The molecule has 0 bridgehead atoms. The van der Waals surface area contributed by atoms with Crippen LogP contribution in [0, 0.1) is 6.92 Å². The number of carbonyl (C=O) groups is 2. The third kappa shape index (κ3) is 6.59. The van der Waals surface area contributed by atoms with Crippen molar-refractivity contribution >= 4 is 29.4 Å². The second-order valence-corrected chi connectivity index (χ2v) is 6.33. The molecule has 0 atom stereocenters. The number of hydrogen-bond acceptors (Lipinski definition) is 4.